The molecule has 0 saturated heterocycles. The molecule has 2 rings (SSSR count). The van der Waals surface area contributed by atoms with Gasteiger partial charge in [-0.2, -0.15) is 5.10 Å². The van der Waals surface area contributed by atoms with Gasteiger partial charge in [-0.25, -0.2) is 0 Å². The zero-order valence-corrected chi connectivity index (χ0v) is 15.2. The Labute approximate surface area is 144 Å². The van der Waals surface area contributed by atoms with Gasteiger partial charge in [0.25, 0.3) is 5.91 Å². The van der Waals surface area contributed by atoms with E-state index in [0.717, 1.165) is 38.2 Å². The van der Waals surface area contributed by atoms with Gasteiger partial charge in [0.1, 0.15) is 5.69 Å². The van der Waals surface area contributed by atoms with Crippen LogP contribution < -0.4 is 0 Å². The van der Waals surface area contributed by atoms with Crippen LogP contribution in [0.5, 0.6) is 0 Å². The molecule has 2 aromatic rings. The van der Waals surface area contributed by atoms with Gasteiger partial charge in [0.2, 0.25) is 0 Å². The van der Waals surface area contributed by atoms with Gasteiger partial charge >= 0.3 is 0 Å². The van der Waals surface area contributed by atoms with Crippen molar-refractivity contribution in [2.75, 3.05) is 33.7 Å². The molecule has 0 aliphatic carbocycles. The van der Waals surface area contributed by atoms with Crippen molar-refractivity contribution in [3.63, 3.8) is 0 Å². The van der Waals surface area contributed by atoms with E-state index in [1.807, 2.05) is 45.1 Å². The van der Waals surface area contributed by atoms with Crippen molar-refractivity contribution in [1.82, 2.24) is 19.6 Å². The van der Waals surface area contributed by atoms with Crippen LogP contribution in [0.25, 0.3) is 0 Å². The minimum atomic E-state index is 0.0630. The molecule has 24 heavy (non-hydrogen) atoms. The maximum absolute atomic E-state index is 12.9. The van der Waals surface area contributed by atoms with E-state index in [1.54, 1.807) is 4.68 Å². The zero-order valence-electron chi connectivity index (χ0n) is 15.2. The van der Waals surface area contributed by atoms with Crippen molar-refractivity contribution in [1.29, 1.82) is 0 Å². The first-order chi connectivity index (χ1) is 11.5. The van der Waals surface area contributed by atoms with E-state index >= 15 is 0 Å². The van der Waals surface area contributed by atoms with Gasteiger partial charge in [-0.3, -0.25) is 9.48 Å². The number of benzene rings is 1. The fourth-order valence-corrected chi connectivity index (χ4v) is 2.73. The smallest absolute Gasteiger partial charge is 0.272 e. The maximum Gasteiger partial charge on any atom is 0.272 e. The standard InChI is InChI=1S/C19H28N4O/c1-16-15-18(22(4)20-16)19(24)23(14-13-21(2)3)12-8-11-17-9-6-5-7-10-17/h5-7,9-10,15H,8,11-14H2,1-4H3. The highest BCUT2D eigenvalue weighted by Crippen LogP contribution is 2.09. The molecule has 5 heteroatoms. The molecular formula is C19H28N4O. The zero-order chi connectivity index (χ0) is 17.5. The number of amides is 1. The van der Waals surface area contributed by atoms with E-state index < -0.39 is 0 Å². The normalized spacial score (nSPS) is 11.0. The van der Waals surface area contributed by atoms with E-state index in [1.165, 1.54) is 5.56 Å². The highest BCUT2D eigenvalue weighted by molar-refractivity contribution is 5.92. The molecule has 130 valence electrons. The van der Waals surface area contributed by atoms with E-state index in [2.05, 4.69) is 34.3 Å². The Morgan fingerprint density at radius 2 is 1.83 bits per heavy atom. The quantitative estimate of drug-likeness (QED) is 0.747. The Bertz CT molecular complexity index is 649. The molecule has 0 unspecified atom stereocenters. The summed E-state index contributed by atoms with van der Waals surface area (Å²) in [5.41, 5.74) is 2.84. The lowest BCUT2D eigenvalue weighted by Crippen LogP contribution is -2.38. The van der Waals surface area contributed by atoms with Crippen molar-refractivity contribution < 1.29 is 4.79 Å². The fourth-order valence-electron chi connectivity index (χ4n) is 2.73. The van der Waals surface area contributed by atoms with Crippen LogP contribution in [0.4, 0.5) is 0 Å². The second kappa shape index (κ2) is 8.64. The summed E-state index contributed by atoms with van der Waals surface area (Å²) in [6.07, 6.45) is 1.94. The van der Waals surface area contributed by atoms with Gasteiger partial charge in [-0.15, -0.1) is 0 Å². The van der Waals surface area contributed by atoms with Gasteiger partial charge in [0, 0.05) is 26.7 Å². The van der Waals surface area contributed by atoms with Crippen LogP contribution in [0.3, 0.4) is 0 Å². The Kier molecular flexibility index (Phi) is 6.55. The van der Waals surface area contributed by atoms with Crippen molar-refractivity contribution in [2.24, 2.45) is 7.05 Å². The molecular weight excluding hydrogens is 300 g/mol. The molecule has 0 fully saturated rings. The van der Waals surface area contributed by atoms with Crippen LogP contribution in [-0.4, -0.2) is 59.2 Å². The molecule has 0 atom stereocenters. The fraction of sp³-hybridized carbons (Fsp3) is 0.474. The highest BCUT2D eigenvalue weighted by Gasteiger charge is 2.19. The van der Waals surface area contributed by atoms with Gasteiger partial charge in [0.15, 0.2) is 0 Å². The van der Waals surface area contributed by atoms with Gasteiger partial charge in [0.05, 0.1) is 5.69 Å². The molecule has 0 spiro atoms. The Balaban J connectivity index is 2.00. The molecule has 0 radical (unpaired) electrons. The summed E-state index contributed by atoms with van der Waals surface area (Å²) in [5.74, 6) is 0.0630. The minimum Gasteiger partial charge on any atom is -0.336 e. The lowest BCUT2D eigenvalue weighted by Gasteiger charge is -2.24. The average molecular weight is 328 g/mol. The van der Waals surface area contributed by atoms with Crippen LogP contribution in [0.1, 0.15) is 28.2 Å². The number of aryl methyl sites for hydroxylation is 3. The second-order valence-corrected chi connectivity index (χ2v) is 6.48. The third-order valence-corrected chi connectivity index (χ3v) is 4.06. The molecule has 5 nitrogen and oxygen atoms in total. The SMILES string of the molecule is Cc1cc(C(=O)N(CCCc2ccccc2)CCN(C)C)n(C)n1. The lowest BCUT2D eigenvalue weighted by molar-refractivity contribution is 0.0732. The minimum absolute atomic E-state index is 0.0630. The summed E-state index contributed by atoms with van der Waals surface area (Å²) in [7, 11) is 5.88. The molecule has 0 N–H and O–H groups in total. The lowest BCUT2D eigenvalue weighted by atomic mass is 10.1. The third-order valence-electron chi connectivity index (χ3n) is 4.06. The van der Waals surface area contributed by atoms with Crippen molar-refractivity contribution in [3.8, 4) is 0 Å². The first-order valence-corrected chi connectivity index (χ1v) is 8.46. The van der Waals surface area contributed by atoms with Crippen LogP contribution >= 0.6 is 0 Å². The van der Waals surface area contributed by atoms with E-state index in [9.17, 15) is 4.79 Å². The number of likely N-dealkylation sites (N-methyl/N-ethyl adjacent to an activating group) is 1. The topological polar surface area (TPSA) is 41.4 Å². The molecule has 1 amide bonds. The number of carbonyl (C=O) groups excluding carboxylic acids is 1. The molecule has 0 saturated carbocycles. The second-order valence-electron chi connectivity index (χ2n) is 6.48. The van der Waals surface area contributed by atoms with Crippen LogP contribution in [0, 0.1) is 6.92 Å². The first-order valence-electron chi connectivity index (χ1n) is 8.46. The van der Waals surface area contributed by atoms with Crippen molar-refractivity contribution >= 4 is 5.91 Å². The Morgan fingerprint density at radius 3 is 2.42 bits per heavy atom. The number of aromatic nitrogens is 2. The molecule has 1 aromatic heterocycles. The first kappa shape index (κ1) is 18.2. The number of hydrogen-bond acceptors (Lipinski definition) is 3. The summed E-state index contributed by atoms with van der Waals surface area (Å²) in [4.78, 5) is 16.9. The molecule has 0 aliphatic rings. The Morgan fingerprint density at radius 1 is 1.12 bits per heavy atom. The largest absolute Gasteiger partial charge is 0.336 e. The summed E-state index contributed by atoms with van der Waals surface area (Å²) < 4.78 is 1.68. The van der Waals surface area contributed by atoms with Crippen molar-refractivity contribution in [2.45, 2.75) is 19.8 Å². The molecule has 1 aromatic carbocycles. The van der Waals surface area contributed by atoms with Gasteiger partial charge in [-0.1, -0.05) is 30.3 Å². The predicted octanol–water partition coefficient (Wildman–Crippen LogP) is 2.37. The summed E-state index contributed by atoms with van der Waals surface area (Å²) >= 11 is 0. The third kappa shape index (κ3) is 5.20. The van der Waals surface area contributed by atoms with Crippen molar-refractivity contribution in [3.05, 3.63) is 53.3 Å². The molecule has 0 bridgehead atoms. The molecule has 1 heterocycles. The summed E-state index contributed by atoms with van der Waals surface area (Å²) in [6.45, 7) is 4.25. The average Bonchev–Trinajstić information content (AvgIpc) is 2.89. The summed E-state index contributed by atoms with van der Waals surface area (Å²) in [6, 6.07) is 12.3. The van der Waals surface area contributed by atoms with Gasteiger partial charge in [-0.05, 0) is 45.5 Å². The van der Waals surface area contributed by atoms with Gasteiger partial charge < -0.3 is 9.80 Å². The number of carbonyl (C=O) groups is 1. The number of hydrogen-bond donors (Lipinski definition) is 0. The van der Waals surface area contributed by atoms with E-state index in [-0.39, 0.29) is 5.91 Å². The van der Waals surface area contributed by atoms with E-state index in [0.29, 0.717) is 5.69 Å². The number of rotatable bonds is 8. The number of nitrogens with zero attached hydrogens (tertiary/aromatic N) is 4. The maximum atomic E-state index is 12.9. The van der Waals surface area contributed by atoms with Crippen LogP contribution in [0.15, 0.2) is 36.4 Å². The van der Waals surface area contributed by atoms with Crippen LogP contribution in [0.2, 0.25) is 0 Å². The predicted molar refractivity (Wildman–Crippen MR) is 97.2 cm³/mol. The highest BCUT2D eigenvalue weighted by atomic mass is 16.2. The Hall–Kier alpha value is -2.14. The molecule has 0 aliphatic heterocycles. The summed E-state index contributed by atoms with van der Waals surface area (Å²) in [5, 5.41) is 4.30. The van der Waals surface area contributed by atoms with Crippen LogP contribution in [-0.2, 0) is 13.5 Å². The monoisotopic (exact) mass is 328 g/mol. The van der Waals surface area contributed by atoms with E-state index in [4.69, 9.17) is 0 Å².